The summed E-state index contributed by atoms with van der Waals surface area (Å²) in [4.78, 5) is 13.2. The van der Waals surface area contributed by atoms with Crippen molar-refractivity contribution in [2.24, 2.45) is 0 Å². The number of carbonyl (C=O) groups is 1. The molecule has 0 unspecified atom stereocenters. The molecule has 4 nitrogen and oxygen atoms in total. The number of rotatable bonds is 6. The highest BCUT2D eigenvalue weighted by atomic mass is 35.5. The summed E-state index contributed by atoms with van der Waals surface area (Å²) < 4.78 is 11.4. The first-order chi connectivity index (χ1) is 10.5. The molecule has 0 aliphatic heterocycles. The molecule has 22 heavy (non-hydrogen) atoms. The standard InChI is InChI=1S/C16H18ClNO3S/c1-10(14-8-9-15(17)22-14)18-16(19)11(2)21-13-6-4-12(20-3)5-7-13/h4-11H,1-3H3,(H,18,19)/t10-,11-/m0/s1. The summed E-state index contributed by atoms with van der Waals surface area (Å²) in [6, 6.07) is 10.7. The molecule has 6 heteroatoms. The molecular formula is C16H18ClNO3S. The van der Waals surface area contributed by atoms with Gasteiger partial charge in [-0.05, 0) is 50.2 Å². The van der Waals surface area contributed by atoms with Crippen molar-refractivity contribution in [1.82, 2.24) is 5.32 Å². The van der Waals surface area contributed by atoms with E-state index in [1.54, 1.807) is 38.3 Å². The van der Waals surface area contributed by atoms with E-state index in [9.17, 15) is 4.79 Å². The highest BCUT2D eigenvalue weighted by Gasteiger charge is 2.18. The first-order valence-electron chi connectivity index (χ1n) is 6.86. The number of methoxy groups -OCH3 is 1. The maximum absolute atomic E-state index is 12.2. The van der Waals surface area contributed by atoms with Crippen molar-refractivity contribution in [3.63, 3.8) is 0 Å². The van der Waals surface area contributed by atoms with E-state index in [4.69, 9.17) is 21.1 Å². The number of hydrogen-bond acceptors (Lipinski definition) is 4. The van der Waals surface area contributed by atoms with E-state index < -0.39 is 6.10 Å². The van der Waals surface area contributed by atoms with Crippen LogP contribution in [0.1, 0.15) is 24.8 Å². The number of thiophene rings is 1. The van der Waals surface area contributed by atoms with Gasteiger partial charge in [-0.2, -0.15) is 0 Å². The van der Waals surface area contributed by atoms with Crippen molar-refractivity contribution < 1.29 is 14.3 Å². The maximum atomic E-state index is 12.2. The lowest BCUT2D eigenvalue weighted by Gasteiger charge is -2.18. The smallest absolute Gasteiger partial charge is 0.261 e. The van der Waals surface area contributed by atoms with Crippen LogP contribution in [0.3, 0.4) is 0 Å². The van der Waals surface area contributed by atoms with Gasteiger partial charge in [0, 0.05) is 4.88 Å². The van der Waals surface area contributed by atoms with Gasteiger partial charge in [-0.3, -0.25) is 4.79 Å². The fourth-order valence-electron chi connectivity index (χ4n) is 1.87. The second-order valence-electron chi connectivity index (χ2n) is 4.81. The topological polar surface area (TPSA) is 47.6 Å². The predicted octanol–water partition coefficient (Wildman–Crippen LogP) is 4.05. The van der Waals surface area contributed by atoms with Crippen LogP contribution in [-0.4, -0.2) is 19.1 Å². The van der Waals surface area contributed by atoms with Gasteiger partial charge in [0.25, 0.3) is 5.91 Å². The summed E-state index contributed by atoms with van der Waals surface area (Å²) in [7, 11) is 1.60. The zero-order valence-corrected chi connectivity index (χ0v) is 14.2. The minimum atomic E-state index is -0.591. The Morgan fingerprint density at radius 3 is 2.32 bits per heavy atom. The molecule has 118 valence electrons. The first kappa shape index (κ1) is 16.6. The number of nitrogens with one attached hydrogen (secondary N) is 1. The van der Waals surface area contributed by atoms with Gasteiger partial charge in [0.15, 0.2) is 6.10 Å². The number of hydrogen-bond donors (Lipinski definition) is 1. The molecule has 0 spiro atoms. The molecule has 2 atom stereocenters. The number of benzene rings is 1. The Kier molecular flexibility index (Phi) is 5.69. The van der Waals surface area contributed by atoms with Crippen molar-refractivity contribution in [2.45, 2.75) is 26.0 Å². The average Bonchev–Trinajstić information content (AvgIpc) is 2.94. The Morgan fingerprint density at radius 1 is 1.14 bits per heavy atom. The third kappa shape index (κ3) is 4.39. The largest absolute Gasteiger partial charge is 0.497 e. The van der Waals surface area contributed by atoms with Crippen molar-refractivity contribution in [1.29, 1.82) is 0 Å². The summed E-state index contributed by atoms with van der Waals surface area (Å²) in [5.74, 6) is 1.19. The fraction of sp³-hybridized carbons (Fsp3) is 0.312. The molecular weight excluding hydrogens is 322 g/mol. The van der Waals surface area contributed by atoms with Crippen LogP contribution >= 0.6 is 22.9 Å². The molecule has 0 bridgehead atoms. The van der Waals surface area contributed by atoms with Crippen LogP contribution in [0.2, 0.25) is 4.34 Å². The maximum Gasteiger partial charge on any atom is 0.261 e. The van der Waals surface area contributed by atoms with E-state index in [2.05, 4.69) is 5.32 Å². The minimum Gasteiger partial charge on any atom is -0.497 e. The molecule has 0 saturated heterocycles. The molecule has 0 aliphatic rings. The zero-order chi connectivity index (χ0) is 16.1. The van der Waals surface area contributed by atoms with Gasteiger partial charge in [-0.25, -0.2) is 0 Å². The Balaban J connectivity index is 1.91. The third-order valence-corrected chi connectivity index (χ3v) is 4.53. The molecule has 0 fully saturated rings. The van der Waals surface area contributed by atoms with E-state index in [0.717, 1.165) is 10.6 Å². The second kappa shape index (κ2) is 7.51. The summed E-state index contributed by atoms with van der Waals surface area (Å²) in [5, 5.41) is 2.92. The van der Waals surface area contributed by atoms with Crippen LogP contribution < -0.4 is 14.8 Å². The van der Waals surface area contributed by atoms with Crippen LogP contribution in [0.25, 0.3) is 0 Å². The van der Waals surface area contributed by atoms with E-state index >= 15 is 0 Å². The van der Waals surface area contributed by atoms with Crippen molar-refractivity contribution in [2.75, 3.05) is 7.11 Å². The lowest BCUT2D eigenvalue weighted by atomic mass is 10.2. The lowest BCUT2D eigenvalue weighted by molar-refractivity contribution is -0.127. The molecule has 0 radical (unpaired) electrons. The molecule has 1 N–H and O–H groups in total. The van der Waals surface area contributed by atoms with Gasteiger partial charge >= 0.3 is 0 Å². The average molecular weight is 340 g/mol. The zero-order valence-electron chi connectivity index (χ0n) is 12.6. The molecule has 1 aromatic heterocycles. The second-order valence-corrected chi connectivity index (χ2v) is 6.55. The minimum absolute atomic E-state index is 0.105. The Labute approximate surface area is 139 Å². The van der Waals surface area contributed by atoms with E-state index in [-0.39, 0.29) is 11.9 Å². The molecule has 0 aliphatic carbocycles. The van der Waals surface area contributed by atoms with Crippen LogP contribution in [0, 0.1) is 0 Å². The molecule has 2 rings (SSSR count). The van der Waals surface area contributed by atoms with Crippen molar-refractivity contribution >= 4 is 28.8 Å². The summed E-state index contributed by atoms with van der Waals surface area (Å²) in [6.45, 7) is 3.63. The van der Waals surface area contributed by atoms with Gasteiger partial charge in [0.05, 0.1) is 17.5 Å². The highest BCUT2D eigenvalue weighted by Crippen LogP contribution is 2.26. The van der Waals surface area contributed by atoms with Gasteiger partial charge in [-0.1, -0.05) is 11.6 Å². The van der Waals surface area contributed by atoms with Gasteiger partial charge in [-0.15, -0.1) is 11.3 Å². The van der Waals surface area contributed by atoms with Crippen LogP contribution in [-0.2, 0) is 4.79 Å². The Morgan fingerprint density at radius 2 is 1.77 bits per heavy atom. The summed E-state index contributed by atoms with van der Waals surface area (Å²) >= 11 is 7.36. The van der Waals surface area contributed by atoms with Gasteiger partial charge < -0.3 is 14.8 Å². The Bertz CT molecular complexity index is 627. The monoisotopic (exact) mass is 339 g/mol. The lowest BCUT2D eigenvalue weighted by Crippen LogP contribution is -2.37. The first-order valence-corrected chi connectivity index (χ1v) is 8.05. The van der Waals surface area contributed by atoms with E-state index in [1.807, 2.05) is 19.1 Å². The van der Waals surface area contributed by atoms with E-state index in [0.29, 0.717) is 10.1 Å². The van der Waals surface area contributed by atoms with Crippen molar-refractivity contribution in [3.8, 4) is 11.5 Å². The van der Waals surface area contributed by atoms with Crippen molar-refractivity contribution in [3.05, 3.63) is 45.6 Å². The van der Waals surface area contributed by atoms with Crippen LogP contribution in [0.5, 0.6) is 11.5 Å². The fourth-order valence-corrected chi connectivity index (χ4v) is 2.94. The van der Waals surface area contributed by atoms with Gasteiger partial charge in [0.1, 0.15) is 11.5 Å². The normalized spacial score (nSPS) is 13.3. The molecule has 0 saturated carbocycles. The molecule has 1 amide bonds. The number of halogens is 1. The quantitative estimate of drug-likeness (QED) is 0.863. The number of ether oxygens (including phenoxy) is 2. The highest BCUT2D eigenvalue weighted by molar-refractivity contribution is 7.16. The number of carbonyl (C=O) groups excluding carboxylic acids is 1. The predicted molar refractivity (Wildman–Crippen MR) is 89.0 cm³/mol. The van der Waals surface area contributed by atoms with Crippen LogP contribution in [0.15, 0.2) is 36.4 Å². The number of amides is 1. The SMILES string of the molecule is COc1ccc(O[C@@H](C)C(=O)N[C@@H](C)c2ccc(Cl)s2)cc1. The molecule has 1 aromatic carbocycles. The summed E-state index contributed by atoms with van der Waals surface area (Å²) in [5.41, 5.74) is 0. The van der Waals surface area contributed by atoms with Gasteiger partial charge in [0.2, 0.25) is 0 Å². The Hall–Kier alpha value is -1.72. The summed E-state index contributed by atoms with van der Waals surface area (Å²) in [6.07, 6.45) is -0.591. The van der Waals surface area contributed by atoms with Crippen LogP contribution in [0.4, 0.5) is 0 Å². The third-order valence-electron chi connectivity index (χ3n) is 3.12. The molecule has 1 heterocycles. The molecule has 2 aromatic rings. The van der Waals surface area contributed by atoms with E-state index in [1.165, 1.54) is 11.3 Å².